The van der Waals surface area contributed by atoms with Crippen LogP contribution >= 0.6 is 11.6 Å². The van der Waals surface area contributed by atoms with Gasteiger partial charge in [-0.3, -0.25) is 10.1 Å². The van der Waals surface area contributed by atoms with E-state index in [9.17, 15) is 19.8 Å². The summed E-state index contributed by atoms with van der Waals surface area (Å²) in [6.07, 6.45) is 4.19. The number of anilines is 1. The second kappa shape index (κ2) is 12.7. The smallest absolute Gasteiger partial charge is 0.409 e. The van der Waals surface area contributed by atoms with Crippen molar-refractivity contribution in [3.63, 3.8) is 0 Å². The average molecular weight is 567 g/mol. The van der Waals surface area contributed by atoms with Crippen molar-refractivity contribution in [2.75, 3.05) is 32.8 Å². The van der Waals surface area contributed by atoms with Crippen LogP contribution in [0.25, 0.3) is 0 Å². The number of carbonyl (C=O) groups is 2. The van der Waals surface area contributed by atoms with Crippen LogP contribution in [0.2, 0.25) is 5.02 Å². The largest absolute Gasteiger partial charge is 0.495 e. The van der Waals surface area contributed by atoms with Crippen LogP contribution in [0.4, 0.5) is 10.5 Å². The Kier molecular flexibility index (Phi) is 10.1. The van der Waals surface area contributed by atoms with Gasteiger partial charge < -0.3 is 34.1 Å². The van der Waals surface area contributed by atoms with Crippen molar-refractivity contribution in [2.45, 2.75) is 76.1 Å². The first-order chi connectivity index (χ1) is 18.4. The summed E-state index contributed by atoms with van der Waals surface area (Å²) in [5.41, 5.74) is 0.0190. The number of allylic oxidation sites excluding steroid dienone is 3. The van der Waals surface area contributed by atoms with Crippen molar-refractivity contribution in [2.24, 2.45) is 0 Å². The number of aliphatic hydroxyl groups excluding tert-OH is 1. The zero-order chi connectivity index (χ0) is 29.0. The van der Waals surface area contributed by atoms with Crippen LogP contribution in [-0.2, 0) is 25.4 Å². The Morgan fingerprint density at radius 3 is 2.69 bits per heavy atom. The summed E-state index contributed by atoms with van der Waals surface area (Å²) >= 11 is 6.56. The lowest BCUT2D eigenvalue weighted by molar-refractivity contribution is -0.121. The molecule has 0 radical (unpaired) electrons. The Morgan fingerprint density at radius 1 is 1.38 bits per heavy atom. The molecule has 2 saturated heterocycles. The fourth-order valence-electron chi connectivity index (χ4n) is 4.75. The van der Waals surface area contributed by atoms with E-state index in [4.69, 9.17) is 30.5 Å². The van der Waals surface area contributed by atoms with Gasteiger partial charge in [-0.05, 0) is 44.4 Å². The molecule has 2 heterocycles. The Hall–Kier alpha value is -2.63. The van der Waals surface area contributed by atoms with Gasteiger partial charge in [0.15, 0.2) is 5.72 Å². The van der Waals surface area contributed by atoms with Gasteiger partial charge in [0.2, 0.25) is 5.91 Å². The fourth-order valence-corrected chi connectivity index (χ4v) is 5.06. The van der Waals surface area contributed by atoms with Gasteiger partial charge in [0.25, 0.3) is 0 Å². The van der Waals surface area contributed by atoms with Crippen molar-refractivity contribution in [3.8, 4) is 5.75 Å². The molecule has 0 saturated carbocycles. The lowest BCUT2D eigenvalue weighted by Gasteiger charge is -2.36. The molecule has 2 aliphatic heterocycles. The number of methoxy groups -OCH3 is 2. The van der Waals surface area contributed by atoms with E-state index in [0.29, 0.717) is 22.9 Å². The van der Waals surface area contributed by atoms with Gasteiger partial charge in [-0.25, -0.2) is 4.79 Å². The van der Waals surface area contributed by atoms with Crippen molar-refractivity contribution < 1.29 is 38.7 Å². The fraction of sp³-hybridized carbons (Fsp3) is 0.571. The van der Waals surface area contributed by atoms with E-state index in [1.54, 1.807) is 19.2 Å². The minimum absolute atomic E-state index is 0.0565. The summed E-state index contributed by atoms with van der Waals surface area (Å²) in [5.74, 6) is 0.127. The number of carbonyl (C=O) groups excluding carboxylic acids is 2. The van der Waals surface area contributed by atoms with Gasteiger partial charge in [0, 0.05) is 20.6 Å². The molecule has 5 atom stereocenters. The highest BCUT2D eigenvalue weighted by atomic mass is 35.5. The zero-order valence-corrected chi connectivity index (χ0v) is 24.1. The van der Waals surface area contributed by atoms with Gasteiger partial charge in [-0.15, -0.1) is 0 Å². The van der Waals surface area contributed by atoms with Crippen LogP contribution in [0.5, 0.6) is 5.75 Å². The van der Waals surface area contributed by atoms with E-state index in [0.717, 1.165) is 17.6 Å². The number of nitrogens with zero attached hydrogens (tertiary/aromatic N) is 1. The molecule has 2 fully saturated rings. The van der Waals surface area contributed by atoms with Crippen LogP contribution in [0.15, 0.2) is 35.9 Å². The highest BCUT2D eigenvalue weighted by Gasteiger charge is 2.56. The maximum Gasteiger partial charge on any atom is 0.409 e. The van der Waals surface area contributed by atoms with Crippen molar-refractivity contribution in [1.29, 1.82) is 0 Å². The Balaban J connectivity index is 1.72. The van der Waals surface area contributed by atoms with Crippen molar-refractivity contribution in [3.05, 3.63) is 46.5 Å². The number of epoxide rings is 1. The third-order valence-corrected chi connectivity index (χ3v) is 7.70. The maximum absolute atomic E-state index is 13.0. The van der Waals surface area contributed by atoms with Crippen LogP contribution in [0.1, 0.15) is 45.6 Å². The van der Waals surface area contributed by atoms with Crippen molar-refractivity contribution in [1.82, 2.24) is 5.32 Å². The summed E-state index contributed by atoms with van der Waals surface area (Å²) in [6, 6.07) is 3.63. The number of amides is 2. The third kappa shape index (κ3) is 7.12. The average Bonchev–Trinajstić information content (AvgIpc) is 3.58. The highest BCUT2D eigenvalue weighted by molar-refractivity contribution is 6.35. The van der Waals surface area contributed by atoms with Crippen LogP contribution in [0.3, 0.4) is 0 Å². The minimum Gasteiger partial charge on any atom is -0.495 e. The molecular formula is C28H39ClN2O8. The molecule has 11 heteroatoms. The normalized spacial score (nSPS) is 26.5. The molecule has 2 aliphatic rings. The third-order valence-electron chi connectivity index (χ3n) is 7.32. The van der Waals surface area contributed by atoms with E-state index < -0.39 is 29.6 Å². The Morgan fingerprint density at radius 2 is 2.10 bits per heavy atom. The molecule has 3 N–H and O–H groups in total. The molecule has 216 valence electrons. The van der Waals surface area contributed by atoms with E-state index in [-0.39, 0.29) is 31.5 Å². The summed E-state index contributed by atoms with van der Waals surface area (Å²) in [6.45, 7) is 5.82. The molecule has 0 aromatic heterocycles. The molecule has 3 rings (SSSR count). The molecule has 10 nitrogen and oxygen atoms in total. The summed E-state index contributed by atoms with van der Waals surface area (Å²) < 4.78 is 21.3. The lowest BCUT2D eigenvalue weighted by Crippen LogP contribution is -2.60. The summed E-state index contributed by atoms with van der Waals surface area (Å²) in [5, 5.41) is 24.1. The van der Waals surface area contributed by atoms with Gasteiger partial charge in [-0.1, -0.05) is 42.3 Å². The first kappa shape index (κ1) is 30.9. The number of alkyl carbamates (subject to hydrolysis) is 1. The number of nitrogens with one attached hydrogen (secondary N) is 1. The molecule has 0 spiro atoms. The zero-order valence-electron chi connectivity index (χ0n) is 23.3. The minimum atomic E-state index is -1.56. The number of aliphatic hydroxyl groups is 2. The molecule has 39 heavy (non-hydrogen) atoms. The predicted octanol–water partition coefficient (Wildman–Crippen LogP) is 3.51. The summed E-state index contributed by atoms with van der Waals surface area (Å²) in [4.78, 5) is 26.0. The number of hydrogen-bond donors (Lipinski definition) is 3. The number of hydrogen-bond acceptors (Lipinski definition) is 8. The molecular weight excluding hydrogens is 528 g/mol. The molecule has 4 unspecified atom stereocenters. The first-order valence-electron chi connectivity index (χ1n) is 12.9. The second-order valence-corrected chi connectivity index (χ2v) is 10.5. The monoisotopic (exact) mass is 566 g/mol. The molecule has 1 aromatic rings. The molecule has 0 aliphatic carbocycles. The van der Waals surface area contributed by atoms with Crippen LogP contribution in [0, 0.1) is 0 Å². The number of benzene rings is 1. The maximum atomic E-state index is 13.0. The molecule has 1 aromatic carbocycles. The number of rotatable bonds is 12. The number of cyclic esters (lactones) is 1. The quantitative estimate of drug-likeness (QED) is 0.259. The summed E-state index contributed by atoms with van der Waals surface area (Å²) in [7, 11) is 4.57. The predicted molar refractivity (Wildman–Crippen MR) is 147 cm³/mol. The molecule has 2 amide bonds. The van der Waals surface area contributed by atoms with E-state index in [1.807, 2.05) is 39.0 Å². The van der Waals surface area contributed by atoms with E-state index in [1.165, 1.54) is 19.1 Å². The topological polar surface area (TPSA) is 130 Å². The first-order valence-corrected chi connectivity index (χ1v) is 13.3. The lowest BCUT2D eigenvalue weighted by atomic mass is 9.96. The second-order valence-electron chi connectivity index (χ2n) is 10.2. The number of halogens is 1. The Labute approximate surface area is 234 Å². The van der Waals surface area contributed by atoms with E-state index >= 15 is 0 Å². The van der Waals surface area contributed by atoms with Crippen molar-refractivity contribution >= 4 is 29.3 Å². The van der Waals surface area contributed by atoms with E-state index in [2.05, 4.69) is 5.32 Å². The van der Waals surface area contributed by atoms with Gasteiger partial charge in [0.05, 0.1) is 38.0 Å². The van der Waals surface area contributed by atoms with Gasteiger partial charge >= 0.3 is 6.09 Å². The van der Waals surface area contributed by atoms with Gasteiger partial charge in [-0.2, -0.15) is 0 Å². The SMILES string of the molecule is CCC1OC1(C)C(O)CC(=O)N(C)c1cc(C/C(C)=C/C=C/C(OC)[C@@]2(O)CCOC(=O)N2)cc(OC)c1Cl. The van der Waals surface area contributed by atoms with Crippen LogP contribution in [-0.4, -0.2) is 79.7 Å². The standard InChI is InChI=1S/C28H39ClN2O8/c1-7-22-27(3,39-22)21(32)16-24(33)31(4)19-14-18(15-20(36-5)25(19)29)13-17(2)9-8-10-23(37-6)28(35)11-12-38-26(34)30-28/h8-10,14-15,21-23,32,35H,7,11-13,16H2,1-6H3,(H,30,34)/b10-8+,17-9+/t21?,22?,23?,27?,28-/m0/s1. The molecule has 0 bridgehead atoms. The number of ether oxygens (including phenoxy) is 4. The highest BCUT2D eigenvalue weighted by Crippen LogP contribution is 2.43. The van der Waals surface area contributed by atoms with Gasteiger partial charge in [0.1, 0.15) is 22.5 Å². The Bertz CT molecular complexity index is 1130. The van der Waals surface area contributed by atoms with Crippen LogP contribution < -0.4 is 15.0 Å².